The van der Waals surface area contributed by atoms with E-state index in [1.807, 2.05) is 5.38 Å². The Hall–Kier alpha value is -0.260. The van der Waals surface area contributed by atoms with Gasteiger partial charge in [-0.15, -0.1) is 0 Å². The molecule has 3 nitrogen and oxygen atoms in total. The average molecular weight is 159 g/mol. The number of rotatable bonds is 0. The Morgan fingerprint density at radius 1 is 1.78 bits per heavy atom. The van der Waals surface area contributed by atoms with Crippen LogP contribution in [0.4, 0.5) is 5.82 Å². The molecule has 0 amide bonds. The lowest BCUT2D eigenvalue weighted by molar-refractivity contribution is 0.976. The highest BCUT2D eigenvalue weighted by molar-refractivity contribution is 8.00. The lowest BCUT2D eigenvalue weighted by atomic mass is 10.6. The molecule has 48 valence electrons. The molecule has 0 radical (unpaired) electrons. The van der Waals surface area contributed by atoms with Crippen LogP contribution in [-0.2, 0) is 0 Å². The van der Waals surface area contributed by atoms with E-state index in [-0.39, 0.29) is 0 Å². The lowest BCUT2D eigenvalue weighted by Crippen LogP contribution is -2.27. The van der Waals surface area contributed by atoms with Crippen molar-refractivity contribution in [2.45, 2.75) is 4.90 Å². The molecule has 0 unspecified atom stereocenters. The first kappa shape index (κ1) is 5.52. The van der Waals surface area contributed by atoms with Gasteiger partial charge in [-0.25, -0.2) is 5.84 Å². The second kappa shape index (κ2) is 1.86. The molecule has 0 saturated carbocycles. The van der Waals surface area contributed by atoms with Gasteiger partial charge in [-0.1, -0.05) is 11.8 Å². The summed E-state index contributed by atoms with van der Waals surface area (Å²) in [6, 6.07) is 0. The van der Waals surface area contributed by atoms with Gasteiger partial charge in [0.2, 0.25) is 0 Å². The van der Waals surface area contributed by atoms with E-state index in [1.165, 1.54) is 16.4 Å². The maximum atomic E-state index is 5.55. The average Bonchev–Trinajstić information content (AvgIpc) is 2.35. The van der Waals surface area contributed by atoms with Crippen LogP contribution in [0.3, 0.4) is 0 Å². The molecule has 1 aromatic rings. The summed E-state index contributed by atoms with van der Waals surface area (Å²) in [4.78, 5) is 1.21. The smallest absolute Gasteiger partial charge is 0.170 e. The van der Waals surface area contributed by atoms with Crippen LogP contribution in [0.2, 0.25) is 0 Å². The van der Waals surface area contributed by atoms with E-state index in [0.29, 0.717) is 0 Å². The SMILES string of the molecule is NN1CSc2csnc21. The molecule has 0 spiro atoms. The minimum absolute atomic E-state index is 0.839. The molecule has 1 aliphatic rings. The number of hydrogen-bond donors (Lipinski definition) is 1. The van der Waals surface area contributed by atoms with Crippen LogP contribution in [0.5, 0.6) is 0 Å². The third-order valence-corrected chi connectivity index (χ3v) is 2.94. The van der Waals surface area contributed by atoms with Gasteiger partial charge in [0.25, 0.3) is 0 Å². The fourth-order valence-corrected chi connectivity index (χ4v) is 2.42. The Balaban J connectivity index is 2.49. The second-order valence-corrected chi connectivity index (χ2v) is 3.36. The second-order valence-electron chi connectivity index (χ2n) is 1.75. The summed E-state index contributed by atoms with van der Waals surface area (Å²) in [5.74, 6) is 7.32. The van der Waals surface area contributed by atoms with Crippen molar-refractivity contribution in [1.82, 2.24) is 4.37 Å². The van der Waals surface area contributed by atoms with Crippen LogP contribution in [0, 0.1) is 0 Å². The molecule has 1 aromatic heterocycles. The van der Waals surface area contributed by atoms with Crippen LogP contribution in [0.1, 0.15) is 0 Å². The van der Waals surface area contributed by atoms with Crippen molar-refractivity contribution in [3.05, 3.63) is 5.38 Å². The topological polar surface area (TPSA) is 42.1 Å². The molecule has 0 bridgehead atoms. The number of aromatic nitrogens is 1. The number of fused-ring (bicyclic) bond motifs is 1. The highest BCUT2D eigenvalue weighted by atomic mass is 32.2. The lowest BCUT2D eigenvalue weighted by Gasteiger charge is -2.04. The third kappa shape index (κ3) is 0.726. The molecule has 0 atom stereocenters. The maximum absolute atomic E-state index is 5.55. The first-order valence-corrected chi connectivity index (χ1v) is 4.29. The Labute approximate surface area is 61.0 Å². The molecular formula is C4H5N3S2. The van der Waals surface area contributed by atoms with Crippen LogP contribution in [-0.4, -0.2) is 10.3 Å². The van der Waals surface area contributed by atoms with Gasteiger partial charge in [0.1, 0.15) is 0 Å². The van der Waals surface area contributed by atoms with Gasteiger partial charge in [0, 0.05) is 5.38 Å². The van der Waals surface area contributed by atoms with Crippen molar-refractivity contribution >= 4 is 29.1 Å². The van der Waals surface area contributed by atoms with Crippen molar-refractivity contribution in [2.75, 3.05) is 10.9 Å². The standard InChI is InChI=1S/C4H5N3S2/c5-7-2-8-3-1-9-6-4(3)7/h1H,2,5H2. The quantitative estimate of drug-likeness (QED) is 0.571. The largest absolute Gasteiger partial charge is 0.283 e. The summed E-state index contributed by atoms with van der Waals surface area (Å²) in [6.07, 6.45) is 0. The molecule has 0 saturated heterocycles. The number of anilines is 1. The van der Waals surface area contributed by atoms with Gasteiger partial charge in [-0.05, 0) is 11.5 Å². The number of hydrogen-bond acceptors (Lipinski definition) is 5. The molecule has 0 aromatic carbocycles. The number of nitrogens with two attached hydrogens (primary N) is 1. The van der Waals surface area contributed by atoms with Gasteiger partial charge in [0.15, 0.2) is 5.82 Å². The summed E-state index contributed by atoms with van der Waals surface area (Å²) >= 11 is 3.18. The molecule has 0 fully saturated rings. The van der Waals surface area contributed by atoms with Crippen molar-refractivity contribution in [2.24, 2.45) is 5.84 Å². The Morgan fingerprint density at radius 2 is 2.67 bits per heavy atom. The van der Waals surface area contributed by atoms with Gasteiger partial charge >= 0.3 is 0 Å². The molecule has 2 rings (SSSR count). The van der Waals surface area contributed by atoms with Crippen LogP contribution in [0.25, 0.3) is 0 Å². The summed E-state index contributed by atoms with van der Waals surface area (Å²) in [7, 11) is 0. The minimum atomic E-state index is 0.839. The van der Waals surface area contributed by atoms with E-state index >= 15 is 0 Å². The van der Waals surface area contributed by atoms with E-state index in [2.05, 4.69) is 4.37 Å². The fraction of sp³-hybridized carbons (Fsp3) is 0.250. The van der Waals surface area contributed by atoms with Crippen molar-refractivity contribution in [3.8, 4) is 0 Å². The zero-order valence-electron chi connectivity index (χ0n) is 4.57. The Bertz CT molecular complexity index is 221. The number of hydrazine groups is 1. The highest BCUT2D eigenvalue weighted by Gasteiger charge is 2.18. The molecule has 9 heavy (non-hydrogen) atoms. The van der Waals surface area contributed by atoms with Gasteiger partial charge in [-0.3, -0.25) is 5.01 Å². The molecule has 2 N–H and O–H groups in total. The zero-order chi connectivity index (χ0) is 6.27. The third-order valence-electron chi connectivity index (χ3n) is 1.15. The minimum Gasteiger partial charge on any atom is -0.283 e. The fourth-order valence-electron chi connectivity index (χ4n) is 0.715. The molecular weight excluding hydrogens is 154 g/mol. The van der Waals surface area contributed by atoms with Gasteiger partial charge in [0.05, 0.1) is 10.8 Å². The highest BCUT2D eigenvalue weighted by Crippen LogP contribution is 2.36. The zero-order valence-corrected chi connectivity index (χ0v) is 6.21. The van der Waals surface area contributed by atoms with Crippen LogP contribution >= 0.6 is 23.3 Å². The summed E-state index contributed by atoms with van der Waals surface area (Å²) in [5, 5.41) is 3.68. The predicted octanol–water partition coefficient (Wildman–Crippen LogP) is 0.886. The van der Waals surface area contributed by atoms with E-state index in [4.69, 9.17) is 5.84 Å². The van der Waals surface area contributed by atoms with Crippen molar-refractivity contribution in [3.63, 3.8) is 0 Å². The number of nitrogens with zero attached hydrogens (tertiary/aromatic N) is 2. The molecule has 0 aliphatic carbocycles. The first-order valence-electron chi connectivity index (χ1n) is 2.47. The molecule has 2 heterocycles. The summed E-state index contributed by atoms with van der Waals surface area (Å²) in [6.45, 7) is 0. The number of thioether (sulfide) groups is 1. The van der Waals surface area contributed by atoms with E-state index in [1.54, 1.807) is 16.8 Å². The Morgan fingerprint density at radius 3 is 3.44 bits per heavy atom. The molecule has 1 aliphatic heterocycles. The Kier molecular flexibility index (Phi) is 1.14. The monoisotopic (exact) mass is 159 g/mol. The predicted molar refractivity (Wildman–Crippen MR) is 39.5 cm³/mol. The van der Waals surface area contributed by atoms with Crippen LogP contribution in [0.15, 0.2) is 10.3 Å². The molecule has 5 heteroatoms. The normalized spacial score (nSPS) is 16.3. The van der Waals surface area contributed by atoms with Gasteiger partial charge < -0.3 is 0 Å². The van der Waals surface area contributed by atoms with E-state index in [9.17, 15) is 0 Å². The maximum Gasteiger partial charge on any atom is 0.170 e. The van der Waals surface area contributed by atoms with Gasteiger partial charge in [-0.2, -0.15) is 4.37 Å². The first-order chi connectivity index (χ1) is 4.38. The van der Waals surface area contributed by atoms with Crippen molar-refractivity contribution < 1.29 is 0 Å². The van der Waals surface area contributed by atoms with Crippen molar-refractivity contribution in [1.29, 1.82) is 0 Å². The van der Waals surface area contributed by atoms with E-state index in [0.717, 1.165) is 11.7 Å². The van der Waals surface area contributed by atoms with Crippen LogP contribution < -0.4 is 10.9 Å². The van der Waals surface area contributed by atoms with E-state index < -0.39 is 0 Å². The summed E-state index contributed by atoms with van der Waals surface area (Å²) in [5.41, 5.74) is 0. The summed E-state index contributed by atoms with van der Waals surface area (Å²) < 4.78 is 4.10.